The first-order valence-electron chi connectivity index (χ1n) is 6.43. The topological polar surface area (TPSA) is 23.5 Å². The largest absolute Gasteiger partial charge is 0.391 e. The van der Waals surface area contributed by atoms with Crippen molar-refractivity contribution in [2.75, 3.05) is 13.1 Å². The third kappa shape index (κ3) is 3.81. The van der Waals surface area contributed by atoms with Crippen LogP contribution in [-0.2, 0) is 0 Å². The molecule has 0 saturated carbocycles. The first-order chi connectivity index (χ1) is 7.56. The molecule has 0 aliphatic heterocycles. The number of aliphatic hydroxyl groups is 1. The Bertz CT molecular complexity index is 217. The van der Waals surface area contributed by atoms with Crippen LogP contribution in [0.3, 0.4) is 0 Å². The Labute approximate surface area is 101 Å². The monoisotopic (exact) mass is 225 g/mol. The quantitative estimate of drug-likeness (QED) is 0.507. The zero-order chi connectivity index (χ0) is 12.6. The van der Waals surface area contributed by atoms with E-state index < -0.39 is 0 Å². The van der Waals surface area contributed by atoms with Gasteiger partial charge in [0.25, 0.3) is 0 Å². The van der Waals surface area contributed by atoms with E-state index >= 15 is 0 Å². The third-order valence-electron chi connectivity index (χ3n) is 3.72. The molecule has 2 heteroatoms. The summed E-state index contributed by atoms with van der Waals surface area (Å²) in [5.74, 6) is 2.63. The van der Waals surface area contributed by atoms with Crippen LogP contribution in [-0.4, -0.2) is 34.7 Å². The Morgan fingerprint density at radius 1 is 1.31 bits per heavy atom. The maximum Gasteiger partial charge on any atom is 0.0721 e. The van der Waals surface area contributed by atoms with Crippen molar-refractivity contribution in [3.63, 3.8) is 0 Å². The molecule has 2 atom stereocenters. The molecule has 0 aromatic rings. The summed E-state index contributed by atoms with van der Waals surface area (Å²) in [5, 5.41) is 10.3. The van der Waals surface area contributed by atoms with Crippen LogP contribution in [0.5, 0.6) is 0 Å². The summed E-state index contributed by atoms with van der Waals surface area (Å²) in [6, 6.07) is 0. The van der Waals surface area contributed by atoms with Crippen LogP contribution in [0.4, 0.5) is 0 Å². The molecule has 2 unspecified atom stereocenters. The molecular formula is C14H27NO. The van der Waals surface area contributed by atoms with Crippen molar-refractivity contribution >= 4 is 0 Å². The van der Waals surface area contributed by atoms with Gasteiger partial charge in [-0.05, 0) is 39.3 Å². The molecule has 0 amide bonds. The molecule has 94 valence electrons. The minimum Gasteiger partial charge on any atom is -0.391 e. The minimum atomic E-state index is -0.286. The predicted molar refractivity (Wildman–Crippen MR) is 70.3 cm³/mol. The van der Waals surface area contributed by atoms with E-state index in [-0.39, 0.29) is 11.6 Å². The molecule has 0 aliphatic carbocycles. The lowest BCUT2D eigenvalue weighted by Crippen LogP contribution is -2.54. The van der Waals surface area contributed by atoms with Gasteiger partial charge < -0.3 is 5.11 Å². The molecule has 16 heavy (non-hydrogen) atoms. The van der Waals surface area contributed by atoms with Crippen LogP contribution < -0.4 is 0 Å². The highest BCUT2D eigenvalue weighted by Gasteiger charge is 2.35. The molecule has 0 rings (SSSR count). The number of terminal acetylenes is 1. The van der Waals surface area contributed by atoms with E-state index in [0.29, 0.717) is 0 Å². The number of nitrogens with zero attached hydrogens (tertiary/aromatic N) is 1. The Balaban J connectivity index is 4.48. The summed E-state index contributed by atoms with van der Waals surface area (Å²) in [7, 11) is 0. The third-order valence-corrected chi connectivity index (χ3v) is 3.72. The maximum absolute atomic E-state index is 10.3. The molecule has 2 nitrogen and oxygen atoms in total. The molecular weight excluding hydrogens is 198 g/mol. The molecule has 0 aromatic heterocycles. The van der Waals surface area contributed by atoms with E-state index in [1.165, 1.54) is 0 Å². The fourth-order valence-corrected chi connectivity index (χ4v) is 2.32. The minimum absolute atomic E-state index is 0.113. The number of likely N-dealkylation sites (N-methyl/N-ethyl adjacent to an activating group) is 1. The number of hydrogen-bond donors (Lipinski definition) is 1. The molecule has 0 aromatic carbocycles. The molecule has 0 radical (unpaired) electrons. The summed E-state index contributed by atoms with van der Waals surface area (Å²) in [4.78, 5) is 2.34. The average molecular weight is 225 g/mol. The highest BCUT2D eigenvalue weighted by atomic mass is 16.3. The highest BCUT2D eigenvalue weighted by molar-refractivity contribution is 4.92. The fraction of sp³-hybridized carbons (Fsp3) is 0.857. The number of unbranched alkanes of at least 4 members (excludes halogenated alkanes) is 1. The van der Waals surface area contributed by atoms with Crippen molar-refractivity contribution in [2.24, 2.45) is 0 Å². The second-order valence-electron chi connectivity index (χ2n) is 4.50. The van der Waals surface area contributed by atoms with Crippen molar-refractivity contribution in [3.05, 3.63) is 0 Å². The Hall–Kier alpha value is -0.520. The number of aliphatic hydroxyl groups excluding tert-OH is 1. The van der Waals surface area contributed by atoms with E-state index in [1.54, 1.807) is 0 Å². The maximum atomic E-state index is 10.3. The van der Waals surface area contributed by atoms with E-state index in [2.05, 4.69) is 38.5 Å². The van der Waals surface area contributed by atoms with Gasteiger partial charge in [-0.2, -0.15) is 0 Å². The average Bonchev–Trinajstić information content (AvgIpc) is 2.30. The van der Waals surface area contributed by atoms with Crippen molar-refractivity contribution in [3.8, 4) is 12.3 Å². The summed E-state index contributed by atoms with van der Waals surface area (Å²) in [5.41, 5.74) is -0.113. The van der Waals surface area contributed by atoms with Gasteiger partial charge in [0.1, 0.15) is 0 Å². The van der Waals surface area contributed by atoms with Gasteiger partial charge in [-0.15, -0.1) is 12.3 Å². The smallest absolute Gasteiger partial charge is 0.0721 e. The molecule has 0 spiro atoms. The van der Waals surface area contributed by atoms with Gasteiger partial charge in [-0.1, -0.05) is 20.8 Å². The molecule has 0 bridgehead atoms. The van der Waals surface area contributed by atoms with Crippen molar-refractivity contribution in [2.45, 2.75) is 65.0 Å². The number of hydrogen-bond acceptors (Lipinski definition) is 2. The van der Waals surface area contributed by atoms with Crippen molar-refractivity contribution in [1.29, 1.82) is 0 Å². The van der Waals surface area contributed by atoms with E-state index in [1.807, 2.05) is 0 Å². The summed E-state index contributed by atoms with van der Waals surface area (Å²) in [6.07, 6.45) is 8.37. The van der Waals surface area contributed by atoms with Crippen LogP contribution in [0.1, 0.15) is 53.4 Å². The van der Waals surface area contributed by atoms with Gasteiger partial charge in [0.2, 0.25) is 0 Å². The first kappa shape index (κ1) is 15.5. The predicted octanol–water partition coefficient (Wildman–Crippen LogP) is 2.66. The standard InChI is InChI=1S/C14H27NO/c1-6-10-11-12-13(16)14(5,7-2)15(8-3)9-4/h1,13,16H,7-12H2,2-5H3. The van der Waals surface area contributed by atoms with Gasteiger partial charge in [0.05, 0.1) is 6.10 Å². The van der Waals surface area contributed by atoms with Gasteiger partial charge >= 0.3 is 0 Å². The fourth-order valence-electron chi connectivity index (χ4n) is 2.32. The Morgan fingerprint density at radius 2 is 1.88 bits per heavy atom. The summed E-state index contributed by atoms with van der Waals surface area (Å²) >= 11 is 0. The Kier molecular flexibility index (Phi) is 7.45. The summed E-state index contributed by atoms with van der Waals surface area (Å²) < 4.78 is 0. The second kappa shape index (κ2) is 7.70. The lowest BCUT2D eigenvalue weighted by atomic mass is 9.86. The lowest BCUT2D eigenvalue weighted by Gasteiger charge is -2.43. The molecule has 0 heterocycles. The number of rotatable bonds is 8. The van der Waals surface area contributed by atoms with Crippen LogP contribution in [0.2, 0.25) is 0 Å². The van der Waals surface area contributed by atoms with Gasteiger partial charge in [-0.3, -0.25) is 4.90 Å². The highest BCUT2D eigenvalue weighted by Crippen LogP contribution is 2.26. The van der Waals surface area contributed by atoms with Gasteiger partial charge in [0.15, 0.2) is 0 Å². The van der Waals surface area contributed by atoms with Crippen LogP contribution in [0, 0.1) is 12.3 Å². The van der Waals surface area contributed by atoms with Crippen LogP contribution in [0.15, 0.2) is 0 Å². The molecule has 0 aliphatic rings. The van der Waals surface area contributed by atoms with Crippen molar-refractivity contribution in [1.82, 2.24) is 4.90 Å². The Morgan fingerprint density at radius 3 is 2.25 bits per heavy atom. The van der Waals surface area contributed by atoms with Gasteiger partial charge in [-0.25, -0.2) is 0 Å². The van der Waals surface area contributed by atoms with Gasteiger partial charge in [0, 0.05) is 12.0 Å². The second-order valence-corrected chi connectivity index (χ2v) is 4.50. The van der Waals surface area contributed by atoms with Crippen molar-refractivity contribution < 1.29 is 5.11 Å². The SMILES string of the molecule is C#CCCCC(O)C(C)(CC)N(CC)CC. The van der Waals surface area contributed by atoms with Crippen LogP contribution >= 0.6 is 0 Å². The zero-order valence-corrected chi connectivity index (χ0v) is 11.3. The summed E-state index contributed by atoms with van der Waals surface area (Å²) in [6.45, 7) is 10.5. The zero-order valence-electron chi connectivity index (χ0n) is 11.3. The lowest BCUT2D eigenvalue weighted by molar-refractivity contribution is -0.0243. The van der Waals surface area contributed by atoms with E-state index in [9.17, 15) is 5.11 Å². The molecule has 0 saturated heterocycles. The first-order valence-corrected chi connectivity index (χ1v) is 6.43. The molecule has 1 N–H and O–H groups in total. The van der Waals surface area contributed by atoms with E-state index in [0.717, 1.165) is 38.8 Å². The van der Waals surface area contributed by atoms with E-state index in [4.69, 9.17) is 6.42 Å². The molecule has 0 fully saturated rings. The van der Waals surface area contributed by atoms with Crippen LogP contribution in [0.25, 0.3) is 0 Å². The normalized spacial score (nSPS) is 16.8.